The molecule has 0 spiro atoms. The molecule has 11 nitrogen and oxygen atoms in total. The molecule has 1 saturated carbocycles. The summed E-state index contributed by atoms with van der Waals surface area (Å²) in [6.07, 6.45) is 4.91. The van der Waals surface area contributed by atoms with E-state index in [1.165, 1.54) is 11.0 Å². The van der Waals surface area contributed by atoms with Crippen LogP contribution in [0.25, 0.3) is 33.7 Å². The predicted octanol–water partition coefficient (Wildman–Crippen LogP) is 5.12. The Morgan fingerprint density at radius 3 is 2.33 bits per heavy atom. The van der Waals surface area contributed by atoms with Crippen LogP contribution < -0.4 is 11.2 Å². The molecule has 1 unspecified atom stereocenters. The van der Waals surface area contributed by atoms with Gasteiger partial charge >= 0.3 is 5.69 Å². The summed E-state index contributed by atoms with van der Waals surface area (Å²) in [5, 5.41) is 14.4. The smallest absolute Gasteiger partial charge is 0.334 e. The highest BCUT2D eigenvalue weighted by molar-refractivity contribution is 5.80. The summed E-state index contributed by atoms with van der Waals surface area (Å²) < 4.78 is 10.6. The molecule has 1 N–H and O–H groups in total. The number of nitrogens with zero attached hydrogens (tertiary/aromatic N) is 7. The van der Waals surface area contributed by atoms with Crippen LogP contribution in [-0.4, -0.2) is 46.4 Å². The Kier molecular flexibility index (Phi) is 8.07. The van der Waals surface area contributed by atoms with Crippen LogP contribution in [0.4, 0.5) is 0 Å². The Labute approximate surface area is 249 Å². The van der Waals surface area contributed by atoms with E-state index in [9.17, 15) is 9.59 Å². The fraction of sp³-hybridized carbons (Fsp3) is 0.438. The van der Waals surface area contributed by atoms with Crippen LogP contribution in [0.15, 0.2) is 58.1 Å². The van der Waals surface area contributed by atoms with Gasteiger partial charge in [-0.3, -0.25) is 9.36 Å². The average Bonchev–Trinajstić information content (AvgIpc) is 3.69. The van der Waals surface area contributed by atoms with Crippen molar-refractivity contribution in [1.82, 2.24) is 39.3 Å². The number of rotatable bonds is 9. The second-order valence-electron chi connectivity index (χ2n) is 11.9. The first-order valence-electron chi connectivity index (χ1n) is 15.1. The number of aromatic amines is 1. The minimum absolute atomic E-state index is 0.117. The summed E-state index contributed by atoms with van der Waals surface area (Å²) >= 11 is 0. The first-order chi connectivity index (χ1) is 20.9. The molecule has 1 fully saturated rings. The molecular formula is C32H38N8O3. The number of hydrogen-bond acceptors (Lipinski definition) is 7. The zero-order chi connectivity index (χ0) is 30.1. The maximum atomic E-state index is 14.1. The highest BCUT2D eigenvalue weighted by Crippen LogP contribution is 2.35. The lowest BCUT2D eigenvalue weighted by Crippen LogP contribution is -2.42. The number of methoxy groups -OCH3 is 1. The van der Waals surface area contributed by atoms with Gasteiger partial charge in [0.25, 0.3) is 5.56 Å². The molecule has 1 atom stereocenters. The van der Waals surface area contributed by atoms with E-state index in [2.05, 4.69) is 49.5 Å². The summed E-state index contributed by atoms with van der Waals surface area (Å²) in [6, 6.07) is 16.3. The number of ether oxygens (including phenoxy) is 1. The fourth-order valence-corrected chi connectivity index (χ4v) is 6.25. The van der Waals surface area contributed by atoms with Gasteiger partial charge in [-0.05, 0) is 52.8 Å². The molecule has 6 rings (SSSR count). The molecule has 5 aromatic rings. The van der Waals surface area contributed by atoms with Crippen molar-refractivity contribution in [1.29, 1.82) is 0 Å². The second kappa shape index (κ2) is 12.1. The van der Waals surface area contributed by atoms with Crippen molar-refractivity contribution in [3.63, 3.8) is 0 Å². The third-order valence-corrected chi connectivity index (χ3v) is 8.45. The predicted molar refractivity (Wildman–Crippen MR) is 165 cm³/mol. The van der Waals surface area contributed by atoms with E-state index >= 15 is 0 Å². The van der Waals surface area contributed by atoms with Gasteiger partial charge in [-0.15, -0.1) is 5.10 Å². The molecule has 0 radical (unpaired) electrons. The van der Waals surface area contributed by atoms with Crippen LogP contribution in [0.2, 0.25) is 0 Å². The van der Waals surface area contributed by atoms with Gasteiger partial charge in [-0.25, -0.2) is 19.4 Å². The van der Waals surface area contributed by atoms with Gasteiger partial charge in [0.1, 0.15) is 12.1 Å². The molecule has 3 aromatic heterocycles. The van der Waals surface area contributed by atoms with Gasteiger partial charge in [0.15, 0.2) is 17.0 Å². The molecule has 3 heterocycles. The average molecular weight is 583 g/mol. The van der Waals surface area contributed by atoms with Crippen LogP contribution in [0.1, 0.15) is 76.4 Å². The van der Waals surface area contributed by atoms with Gasteiger partial charge in [0.2, 0.25) is 0 Å². The molecule has 1 aliphatic rings. The van der Waals surface area contributed by atoms with Crippen molar-refractivity contribution in [3.05, 3.63) is 80.8 Å². The quantitative estimate of drug-likeness (QED) is 0.256. The highest BCUT2D eigenvalue weighted by atomic mass is 16.5. The van der Waals surface area contributed by atoms with E-state index < -0.39 is 6.23 Å². The van der Waals surface area contributed by atoms with E-state index in [-0.39, 0.29) is 23.1 Å². The topological polar surface area (TPSA) is 126 Å². The second-order valence-corrected chi connectivity index (χ2v) is 11.9. The maximum absolute atomic E-state index is 14.1. The normalized spacial score (nSPS) is 15.0. The first kappa shape index (κ1) is 28.7. The molecule has 11 heteroatoms. The van der Waals surface area contributed by atoms with Gasteiger partial charge in [-0.2, -0.15) is 0 Å². The van der Waals surface area contributed by atoms with E-state index in [1.54, 1.807) is 11.7 Å². The molecule has 0 amide bonds. The van der Waals surface area contributed by atoms with Gasteiger partial charge in [0, 0.05) is 31.7 Å². The molecule has 0 saturated heterocycles. The van der Waals surface area contributed by atoms with Crippen LogP contribution >= 0.6 is 0 Å². The minimum atomic E-state index is -0.574. The summed E-state index contributed by atoms with van der Waals surface area (Å²) in [7, 11) is 1.57. The number of benzene rings is 2. The number of nitrogens with one attached hydrogen (secondary N) is 1. The third kappa shape index (κ3) is 5.45. The Balaban J connectivity index is 1.48. The summed E-state index contributed by atoms with van der Waals surface area (Å²) in [6.45, 7) is 6.61. The van der Waals surface area contributed by atoms with Crippen LogP contribution in [0, 0.1) is 5.92 Å². The Morgan fingerprint density at radius 2 is 1.67 bits per heavy atom. The third-order valence-electron chi connectivity index (χ3n) is 8.45. The van der Waals surface area contributed by atoms with Crippen molar-refractivity contribution >= 4 is 11.2 Å². The summed E-state index contributed by atoms with van der Waals surface area (Å²) in [4.78, 5) is 32.8. The monoisotopic (exact) mass is 582 g/mol. The van der Waals surface area contributed by atoms with Crippen LogP contribution in [0.3, 0.4) is 0 Å². The highest BCUT2D eigenvalue weighted by Gasteiger charge is 2.28. The van der Waals surface area contributed by atoms with Gasteiger partial charge < -0.3 is 9.30 Å². The van der Waals surface area contributed by atoms with Gasteiger partial charge in [0.05, 0.1) is 0 Å². The SMILES string of the molecule is COC(C)n1c(=O)n(CC(C)C)c(=O)c2c1nc(C1CCCCC1)n2Cc1ccc(-c2ccccc2-c2nnn[nH]2)cc1. The minimum Gasteiger partial charge on any atom is -0.361 e. The lowest BCUT2D eigenvalue weighted by atomic mass is 9.88. The standard InChI is InChI=1S/C32H38N8O3/c1-20(2)18-39-31(41)27-30(40(32(39)42)21(3)43-4)33-29(24-10-6-5-7-11-24)38(27)19-22-14-16-23(17-15-22)25-12-8-9-13-26(25)28-34-36-37-35-28/h8-9,12-17,20-21,24H,5-7,10-11,18-19H2,1-4H3,(H,34,35,36,37). The Morgan fingerprint density at radius 1 is 0.953 bits per heavy atom. The zero-order valence-corrected chi connectivity index (χ0v) is 25.2. The van der Waals surface area contributed by atoms with Crippen LogP contribution in [0.5, 0.6) is 0 Å². The zero-order valence-electron chi connectivity index (χ0n) is 25.2. The molecule has 0 bridgehead atoms. The number of hydrogen-bond donors (Lipinski definition) is 1. The molecular weight excluding hydrogens is 544 g/mol. The maximum Gasteiger partial charge on any atom is 0.334 e. The largest absolute Gasteiger partial charge is 0.361 e. The van der Waals surface area contributed by atoms with Crippen molar-refractivity contribution in [3.8, 4) is 22.5 Å². The van der Waals surface area contributed by atoms with Crippen molar-refractivity contribution < 1.29 is 4.74 Å². The van der Waals surface area contributed by atoms with Crippen molar-refractivity contribution in [2.24, 2.45) is 5.92 Å². The molecule has 224 valence electrons. The first-order valence-corrected chi connectivity index (χ1v) is 15.1. The molecule has 2 aromatic carbocycles. The molecule has 43 heavy (non-hydrogen) atoms. The Bertz CT molecular complexity index is 1830. The number of fused-ring (bicyclic) bond motifs is 1. The summed E-state index contributed by atoms with van der Waals surface area (Å²) in [5.41, 5.74) is 4.16. The number of aromatic nitrogens is 8. The number of imidazole rings is 1. The van der Waals surface area contributed by atoms with E-state index in [0.717, 1.165) is 53.8 Å². The van der Waals surface area contributed by atoms with Crippen molar-refractivity contribution in [2.45, 2.75) is 78.1 Å². The number of tetrazole rings is 1. The number of H-pyrrole nitrogens is 1. The Hall–Kier alpha value is -4.38. The van der Waals surface area contributed by atoms with Gasteiger partial charge in [-0.1, -0.05) is 81.6 Å². The molecule has 1 aliphatic carbocycles. The fourth-order valence-electron chi connectivity index (χ4n) is 6.25. The van der Waals surface area contributed by atoms with E-state index in [1.807, 2.05) is 45.0 Å². The van der Waals surface area contributed by atoms with E-state index in [0.29, 0.717) is 30.1 Å². The van der Waals surface area contributed by atoms with Crippen molar-refractivity contribution in [2.75, 3.05) is 7.11 Å². The lowest BCUT2D eigenvalue weighted by molar-refractivity contribution is 0.0583. The summed E-state index contributed by atoms with van der Waals surface area (Å²) in [5.74, 6) is 1.82. The van der Waals surface area contributed by atoms with E-state index in [4.69, 9.17) is 9.72 Å². The van der Waals surface area contributed by atoms with Crippen LogP contribution in [-0.2, 0) is 17.8 Å². The molecule has 0 aliphatic heterocycles. The lowest BCUT2D eigenvalue weighted by Gasteiger charge is -2.22.